The molecule has 0 aromatic rings. The quantitative estimate of drug-likeness (QED) is 0.616. The smallest absolute Gasteiger partial charge is 0.0612 e. The normalized spacial score (nSPS) is 38.2. The number of rotatable bonds is 2. The summed E-state index contributed by atoms with van der Waals surface area (Å²) < 4.78 is 0. The second-order valence-electron chi connectivity index (χ2n) is 3.75. The van der Waals surface area contributed by atoms with Crippen LogP contribution in [0.1, 0.15) is 13.3 Å². The first kappa shape index (κ1) is 7.81. The summed E-state index contributed by atoms with van der Waals surface area (Å²) in [5.41, 5.74) is 1.65. The van der Waals surface area contributed by atoms with E-state index in [0.29, 0.717) is 5.92 Å². The van der Waals surface area contributed by atoms with Gasteiger partial charge in [0.05, 0.1) is 6.61 Å². The van der Waals surface area contributed by atoms with Gasteiger partial charge in [0.25, 0.3) is 0 Å². The Morgan fingerprint density at radius 1 is 1.75 bits per heavy atom. The summed E-state index contributed by atoms with van der Waals surface area (Å²) in [4.78, 5) is 0. The van der Waals surface area contributed by atoms with Crippen molar-refractivity contribution in [3.63, 3.8) is 0 Å². The Labute approximate surface area is 73.1 Å². The Balaban J connectivity index is 2.12. The Bertz CT molecular complexity index is 273. The summed E-state index contributed by atoms with van der Waals surface area (Å²) >= 11 is 0. The van der Waals surface area contributed by atoms with E-state index in [1.807, 2.05) is 6.08 Å². The second-order valence-corrected chi connectivity index (χ2v) is 3.75. The molecule has 0 aliphatic heterocycles. The molecular formula is C11H14O. The van der Waals surface area contributed by atoms with E-state index in [1.165, 1.54) is 12.0 Å². The van der Waals surface area contributed by atoms with Gasteiger partial charge in [-0.3, -0.25) is 0 Å². The van der Waals surface area contributed by atoms with Crippen LogP contribution in [-0.4, -0.2) is 11.7 Å². The molecule has 2 unspecified atom stereocenters. The maximum Gasteiger partial charge on any atom is 0.0612 e. The largest absolute Gasteiger partial charge is 0.392 e. The van der Waals surface area contributed by atoms with Crippen LogP contribution in [0.5, 0.6) is 0 Å². The van der Waals surface area contributed by atoms with Gasteiger partial charge >= 0.3 is 0 Å². The molecule has 0 saturated heterocycles. The van der Waals surface area contributed by atoms with Crippen LogP contribution in [-0.2, 0) is 0 Å². The Hall–Kier alpha value is -0.820. The molecule has 1 saturated carbocycles. The fourth-order valence-electron chi connectivity index (χ4n) is 1.91. The van der Waals surface area contributed by atoms with E-state index in [2.05, 4.69) is 31.2 Å². The molecular weight excluding hydrogens is 148 g/mol. The number of hydrogen-bond acceptors (Lipinski definition) is 1. The predicted molar refractivity (Wildman–Crippen MR) is 49.7 cm³/mol. The third kappa shape index (κ3) is 1.14. The van der Waals surface area contributed by atoms with Gasteiger partial charge in [0.1, 0.15) is 0 Å². The number of allylic oxidation sites excluding steroid dienone is 5. The van der Waals surface area contributed by atoms with Gasteiger partial charge in [-0.2, -0.15) is 0 Å². The highest BCUT2D eigenvalue weighted by molar-refractivity contribution is 5.38. The van der Waals surface area contributed by atoms with Crippen LogP contribution < -0.4 is 0 Å². The zero-order valence-corrected chi connectivity index (χ0v) is 7.33. The summed E-state index contributed by atoms with van der Waals surface area (Å²) in [5.74, 6) is 0.699. The topological polar surface area (TPSA) is 20.2 Å². The lowest BCUT2D eigenvalue weighted by Gasteiger charge is -2.09. The van der Waals surface area contributed by atoms with E-state index in [0.717, 1.165) is 0 Å². The van der Waals surface area contributed by atoms with E-state index in [9.17, 15) is 0 Å². The van der Waals surface area contributed by atoms with Crippen molar-refractivity contribution in [1.29, 1.82) is 0 Å². The molecule has 1 fully saturated rings. The highest BCUT2D eigenvalue weighted by Crippen LogP contribution is 2.58. The van der Waals surface area contributed by atoms with E-state index in [4.69, 9.17) is 5.11 Å². The third-order valence-electron chi connectivity index (χ3n) is 2.76. The van der Waals surface area contributed by atoms with Crippen LogP contribution in [0.3, 0.4) is 0 Å². The van der Waals surface area contributed by atoms with Crippen molar-refractivity contribution >= 4 is 0 Å². The first-order valence-electron chi connectivity index (χ1n) is 4.43. The van der Waals surface area contributed by atoms with Gasteiger partial charge in [0.2, 0.25) is 0 Å². The molecule has 2 aliphatic rings. The van der Waals surface area contributed by atoms with E-state index in [-0.39, 0.29) is 12.0 Å². The first-order chi connectivity index (χ1) is 5.77. The average molecular weight is 162 g/mol. The summed E-state index contributed by atoms with van der Waals surface area (Å²) in [6.45, 7) is 2.29. The number of aliphatic hydroxyl groups excluding tert-OH is 1. The lowest BCUT2D eigenvalue weighted by Crippen LogP contribution is -1.98. The molecule has 0 aromatic heterocycles. The molecule has 0 spiro atoms. The van der Waals surface area contributed by atoms with Crippen molar-refractivity contribution in [2.24, 2.45) is 11.3 Å². The standard InChI is InChI=1S/C11H14O/c1-9-3-5-11(4-2-6-12)8-10(11)7-9/h2-5,7,10,12H,6,8H2,1H3/b4-2+. The molecule has 2 atom stereocenters. The zero-order chi connectivity index (χ0) is 8.60. The van der Waals surface area contributed by atoms with Gasteiger partial charge in [-0.1, -0.05) is 36.0 Å². The molecule has 0 heterocycles. The maximum atomic E-state index is 8.66. The minimum atomic E-state index is 0.158. The Morgan fingerprint density at radius 3 is 3.25 bits per heavy atom. The molecule has 2 aliphatic carbocycles. The minimum absolute atomic E-state index is 0.158. The Kier molecular flexibility index (Phi) is 1.69. The zero-order valence-electron chi connectivity index (χ0n) is 7.33. The van der Waals surface area contributed by atoms with Gasteiger partial charge in [0.15, 0.2) is 0 Å². The lowest BCUT2D eigenvalue weighted by atomic mass is 9.96. The third-order valence-corrected chi connectivity index (χ3v) is 2.76. The SMILES string of the molecule is CC1=CC2CC2(/C=C/CO)C=C1. The molecule has 1 heteroatoms. The van der Waals surface area contributed by atoms with Crippen molar-refractivity contribution < 1.29 is 5.11 Å². The summed E-state index contributed by atoms with van der Waals surface area (Å²) in [5, 5.41) is 8.66. The van der Waals surface area contributed by atoms with Gasteiger partial charge in [-0.05, 0) is 19.3 Å². The molecule has 1 nitrogen and oxygen atoms in total. The Morgan fingerprint density at radius 2 is 2.58 bits per heavy atom. The fraction of sp³-hybridized carbons (Fsp3) is 0.455. The van der Waals surface area contributed by atoms with Gasteiger partial charge in [-0.25, -0.2) is 0 Å². The van der Waals surface area contributed by atoms with E-state index < -0.39 is 0 Å². The first-order valence-corrected chi connectivity index (χ1v) is 4.43. The van der Waals surface area contributed by atoms with Gasteiger partial charge < -0.3 is 5.11 Å². The molecule has 64 valence electrons. The monoisotopic (exact) mass is 162 g/mol. The van der Waals surface area contributed by atoms with Crippen LogP contribution in [0.25, 0.3) is 0 Å². The van der Waals surface area contributed by atoms with E-state index >= 15 is 0 Å². The summed E-state index contributed by atoms with van der Waals surface area (Å²) in [6, 6.07) is 0. The minimum Gasteiger partial charge on any atom is -0.392 e. The number of fused-ring (bicyclic) bond motifs is 1. The van der Waals surface area contributed by atoms with Crippen molar-refractivity contribution in [3.05, 3.63) is 36.0 Å². The average Bonchev–Trinajstić information content (AvgIpc) is 2.75. The summed E-state index contributed by atoms with van der Waals surface area (Å²) in [7, 11) is 0. The van der Waals surface area contributed by atoms with Crippen molar-refractivity contribution in [1.82, 2.24) is 0 Å². The molecule has 12 heavy (non-hydrogen) atoms. The predicted octanol–water partition coefficient (Wildman–Crippen LogP) is 2.06. The second kappa shape index (κ2) is 2.60. The van der Waals surface area contributed by atoms with Crippen molar-refractivity contribution in [2.75, 3.05) is 6.61 Å². The molecule has 0 amide bonds. The van der Waals surface area contributed by atoms with Crippen LogP contribution in [0.15, 0.2) is 36.0 Å². The van der Waals surface area contributed by atoms with Crippen LogP contribution in [0.2, 0.25) is 0 Å². The molecule has 0 bridgehead atoms. The number of aliphatic hydroxyl groups is 1. The molecule has 1 N–H and O–H groups in total. The molecule has 0 radical (unpaired) electrons. The van der Waals surface area contributed by atoms with Crippen LogP contribution >= 0.6 is 0 Å². The lowest BCUT2D eigenvalue weighted by molar-refractivity contribution is 0.342. The molecule has 0 aromatic carbocycles. The van der Waals surface area contributed by atoms with Crippen molar-refractivity contribution in [2.45, 2.75) is 13.3 Å². The van der Waals surface area contributed by atoms with Crippen LogP contribution in [0.4, 0.5) is 0 Å². The highest BCUT2D eigenvalue weighted by atomic mass is 16.2. The molecule has 2 rings (SSSR count). The highest BCUT2D eigenvalue weighted by Gasteiger charge is 2.49. The van der Waals surface area contributed by atoms with Crippen molar-refractivity contribution in [3.8, 4) is 0 Å². The number of hydrogen-bond donors (Lipinski definition) is 1. The van der Waals surface area contributed by atoms with Crippen LogP contribution in [0, 0.1) is 11.3 Å². The van der Waals surface area contributed by atoms with E-state index in [1.54, 1.807) is 0 Å². The fourth-order valence-corrected chi connectivity index (χ4v) is 1.91. The summed E-state index contributed by atoms with van der Waals surface area (Å²) in [6.07, 6.45) is 12.0. The maximum absolute atomic E-state index is 8.66. The van der Waals surface area contributed by atoms with Gasteiger partial charge in [-0.15, -0.1) is 0 Å². The van der Waals surface area contributed by atoms with Gasteiger partial charge in [0, 0.05) is 5.41 Å².